The Kier molecular flexibility index (Phi) is 2.95. The van der Waals surface area contributed by atoms with Crippen molar-refractivity contribution in [2.45, 2.75) is 12.5 Å². The van der Waals surface area contributed by atoms with E-state index in [1.165, 1.54) is 0 Å². The fourth-order valence-electron chi connectivity index (χ4n) is 1.61. The maximum absolute atomic E-state index is 11.6. The Labute approximate surface area is 101 Å². The highest BCUT2D eigenvalue weighted by Crippen LogP contribution is 2.16. The van der Waals surface area contributed by atoms with E-state index >= 15 is 0 Å². The summed E-state index contributed by atoms with van der Waals surface area (Å²) >= 11 is 3.22. The molecule has 6 nitrogen and oxygen atoms in total. The van der Waals surface area contributed by atoms with Gasteiger partial charge in [0.05, 0.1) is 0 Å². The van der Waals surface area contributed by atoms with Crippen LogP contribution >= 0.6 is 15.9 Å². The van der Waals surface area contributed by atoms with E-state index in [2.05, 4.69) is 31.2 Å². The van der Waals surface area contributed by atoms with Crippen LogP contribution in [0.25, 0.3) is 0 Å². The summed E-state index contributed by atoms with van der Waals surface area (Å²) in [5.41, 5.74) is 5.58. The summed E-state index contributed by atoms with van der Waals surface area (Å²) in [5, 5.41) is 2.98. The van der Waals surface area contributed by atoms with E-state index in [0.29, 0.717) is 16.4 Å². The van der Waals surface area contributed by atoms with E-state index in [4.69, 9.17) is 5.73 Å². The van der Waals surface area contributed by atoms with Crippen LogP contribution in [-0.4, -0.2) is 40.4 Å². The van der Waals surface area contributed by atoms with Gasteiger partial charge >= 0.3 is 0 Å². The predicted octanol–water partition coefficient (Wildman–Crippen LogP) is 0.464. The number of nitrogens with two attached hydrogens (primary N) is 1. The van der Waals surface area contributed by atoms with E-state index < -0.39 is 0 Å². The van der Waals surface area contributed by atoms with E-state index in [0.717, 1.165) is 13.0 Å². The van der Waals surface area contributed by atoms with Crippen LogP contribution < -0.4 is 11.1 Å². The zero-order valence-corrected chi connectivity index (χ0v) is 10.4. The number of hydrogen-bond donors (Lipinski definition) is 2. The van der Waals surface area contributed by atoms with E-state index in [1.807, 2.05) is 0 Å². The minimum Gasteiger partial charge on any atom is -0.383 e. The standard InChI is InChI=1S/C9H12BrN5O/c1-15-3-2-5(8(15)16)12-9-13-6(10)4-7(11)14-9/h4-5H,2-3H2,1H3,(H3,11,12,13,14). The number of anilines is 2. The normalized spacial score (nSPS) is 20.2. The van der Waals surface area contributed by atoms with Crippen molar-refractivity contribution in [3.8, 4) is 0 Å². The van der Waals surface area contributed by atoms with Crippen molar-refractivity contribution in [1.29, 1.82) is 0 Å². The van der Waals surface area contributed by atoms with Crippen molar-refractivity contribution in [2.24, 2.45) is 0 Å². The van der Waals surface area contributed by atoms with Gasteiger partial charge in [0.1, 0.15) is 16.5 Å². The van der Waals surface area contributed by atoms with Crippen LogP contribution in [0.4, 0.5) is 11.8 Å². The van der Waals surface area contributed by atoms with E-state index in [-0.39, 0.29) is 11.9 Å². The molecule has 3 N–H and O–H groups in total. The number of likely N-dealkylation sites (N-methyl/N-ethyl adjacent to an activating group) is 1. The molecule has 0 radical (unpaired) electrons. The second-order valence-electron chi connectivity index (χ2n) is 3.68. The van der Waals surface area contributed by atoms with Crippen LogP contribution in [0, 0.1) is 0 Å². The molecule has 16 heavy (non-hydrogen) atoms. The maximum Gasteiger partial charge on any atom is 0.244 e. The third-order valence-electron chi connectivity index (χ3n) is 2.45. The first kappa shape index (κ1) is 11.1. The molecule has 0 aromatic carbocycles. The molecule has 1 atom stereocenters. The van der Waals surface area contributed by atoms with Gasteiger partial charge in [-0.25, -0.2) is 4.98 Å². The third-order valence-corrected chi connectivity index (χ3v) is 2.85. The lowest BCUT2D eigenvalue weighted by atomic mass is 10.2. The van der Waals surface area contributed by atoms with Crippen LogP contribution in [0.1, 0.15) is 6.42 Å². The van der Waals surface area contributed by atoms with E-state index in [9.17, 15) is 4.79 Å². The Balaban J connectivity index is 2.12. The van der Waals surface area contributed by atoms with Crippen LogP contribution in [0.15, 0.2) is 10.7 Å². The molecule has 7 heteroatoms. The summed E-state index contributed by atoms with van der Waals surface area (Å²) < 4.78 is 0.598. The number of likely N-dealkylation sites (tertiary alicyclic amines) is 1. The van der Waals surface area contributed by atoms with Gasteiger partial charge in [0.2, 0.25) is 11.9 Å². The van der Waals surface area contributed by atoms with Gasteiger partial charge in [0, 0.05) is 19.7 Å². The molecule has 1 aliphatic rings. The molecule has 86 valence electrons. The summed E-state index contributed by atoms with van der Waals surface area (Å²) in [7, 11) is 1.78. The molecule has 0 aliphatic carbocycles. The van der Waals surface area contributed by atoms with Gasteiger partial charge in [-0.3, -0.25) is 4.79 Å². The summed E-state index contributed by atoms with van der Waals surface area (Å²) in [5.74, 6) is 0.797. The maximum atomic E-state index is 11.6. The molecule has 1 saturated heterocycles. The Morgan fingerprint density at radius 1 is 1.62 bits per heavy atom. The van der Waals surface area contributed by atoms with Gasteiger partial charge in [-0.05, 0) is 22.4 Å². The minimum atomic E-state index is -0.251. The van der Waals surface area contributed by atoms with Crippen molar-refractivity contribution in [1.82, 2.24) is 14.9 Å². The lowest BCUT2D eigenvalue weighted by Crippen LogP contribution is -2.31. The van der Waals surface area contributed by atoms with E-state index in [1.54, 1.807) is 18.0 Å². The quantitative estimate of drug-likeness (QED) is 0.772. The van der Waals surface area contributed by atoms with Gasteiger partial charge in [-0.2, -0.15) is 4.98 Å². The summed E-state index contributed by atoms with van der Waals surface area (Å²) in [6.45, 7) is 0.750. The fourth-order valence-corrected chi connectivity index (χ4v) is 2.01. The van der Waals surface area contributed by atoms with Gasteiger partial charge < -0.3 is 16.0 Å². The van der Waals surface area contributed by atoms with Crippen LogP contribution in [0.3, 0.4) is 0 Å². The van der Waals surface area contributed by atoms with Crippen molar-refractivity contribution in [3.63, 3.8) is 0 Å². The molecular weight excluding hydrogens is 274 g/mol. The smallest absolute Gasteiger partial charge is 0.244 e. The van der Waals surface area contributed by atoms with Crippen molar-refractivity contribution < 1.29 is 4.79 Å². The van der Waals surface area contributed by atoms with Crippen LogP contribution in [0.5, 0.6) is 0 Å². The minimum absolute atomic E-state index is 0.0575. The number of aromatic nitrogens is 2. The molecular formula is C9H12BrN5O. The average Bonchev–Trinajstić information content (AvgIpc) is 2.48. The highest BCUT2D eigenvalue weighted by molar-refractivity contribution is 9.10. The highest BCUT2D eigenvalue weighted by atomic mass is 79.9. The zero-order chi connectivity index (χ0) is 11.7. The topological polar surface area (TPSA) is 84.1 Å². The second-order valence-corrected chi connectivity index (χ2v) is 4.50. The van der Waals surface area contributed by atoms with Crippen molar-refractivity contribution in [3.05, 3.63) is 10.7 Å². The molecule has 1 unspecified atom stereocenters. The molecule has 2 rings (SSSR count). The third kappa shape index (κ3) is 2.24. The van der Waals surface area contributed by atoms with Crippen LogP contribution in [-0.2, 0) is 4.79 Å². The molecule has 0 bridgehead atoms. The number of hydrogen-bond acceptors (Lipinski definition) is 5. The second kappa shape index (κ2) is 4.25. The lowest BCUT2D eigenvalue weighted by molar-refractivity contribution is -0.127. The Morgan fingerprint density at radius 2 is 2.38 bits per heavy atom. The first-order valence-electron chi connectivity index (χ1n) is 4.88. The van der Waals surface area contributed by atoms with Crippen LogP contribution in [0.2, 0.25) is 0 Å². The average molecular weight is 286 g/mol. The Hall–Kier alpha value is -1.37. The van der Waals surface area contributed by atoms with Gasteiger partial charge in [0.15, 0.2) is 0 Å². The number of nitrogen functional groups attached to an aromatic ring is 1. The number of amides is 1. The molecule has 1 aliphatic heterocycles. The number of rotatable bonds is 2. The number of nitrogens with zero attached hydrogens (tertiary/aromatic N) is 3. The fraction of sp³-hybridized carbons (Fsp3) is 0.444. The summed E-state index contributed by atoms with van der Waals surface area (Å²) in [4.78, 5) is 21.4. The number of halogens is 1. The van der Waals surface area contributed by atoms with Crippen molar-refractivity contribution in [2.75, 3.05) is 24.6 Å². The van der Waals surface area contributed by atoms with Gasteiger partial charge in [0.25, 0.3) is 0 Å². The molecule has 1 aromatic rings. The summed E-state index contributed by atoms with van der Waals surface area (Å²) in [6, 6.07) is 1.35. The lowest BCUT2D eigenvalue weighted by Gasteiger charge is -2.12. The molecule has 1 fully saturated rings. The zero-order valence-electron chi connectivity index (χ0n) is 8.77. The number of carbonyl (C=O) groups excluding carboxylic acids is 1. The van der Waals surface area contributed by atoms with Gasteiger partial charge in [-0.1, -0.05) is 0 Å². The highest BCUT2D eigenvalue weighted by Gasteiger charge is 2.29. The van der Waals surface area contributed by atoms with Crippen molar-refractivity contribution >= 4 is 33.6 Å². The van der Waals surface area contributed by atoms with Gasteiger partial charge in [-0.15, -0.1) is 0 Å². The predicted molar refractivity (Wildman–Crippen MR) is 63.8 cm³/mol. The first-order chi connectivity index (χ1) is 7.56. The molecule has 0 spiro atoms. The number of carbonyl (C=O) groups is 1. The first-order valence-corrected chi connectivity index (χ1v) is 5.67. The Bertz CT molecular complexity index is 404. The Morgan fingerprint density at radius 3 is 2.94 bits per heavy atom. The SMILES string of the molecule is CN1CCC(Nc2nc(N)cc(Br)n2)C1=O. The summed E-state index contributed by atoms with van der Waals surface area (Å²) in [6.07, 6.45) is 0.755. The monoisotopic (exact) mass is 285 g/mol. The number of nitrogens with one attached hydrogen (secondary N) is 1. The molecule has 2 heterocycles. The molecule has 1 aromatic heterocycles. The largest absolute Gasteiger partial charge is 0.383 e. The molecule has 0 saturated carbocycles. The molecule has 1 amide bonds.